The lowest BCUT2D eigenvalue weighted by atomic mass is 10.2. The minimum atomic E-state index is -3.63. The highest BCUT2D eigenvalue weighted by Gasteiger charge is 2.28. The monoisotopic (exact) mass is 501 g/mol. The maximum Gasteiger partial charge on any atom is 0.340 e. The average molecular weight is 502 g/mol. The van der Waals surface area contributed by atoms with Crippen LogP contribution in [0.2, 0.25) is 10.0 Å². The van der Waals surface area contributed by atoms with Crippen LogP contribution in [0.3, 0.4) is 0 Å². The highest BCUT2D eigenvalue weighted by atomic mass is 35.5. The molecule has 1 fully saturated rings. The number of rotatable bonds is 5. The van der Waals surface area contributed by atoms with Gasteiger partial charge in [0.25, 0.3) is 5.91 Å². The quantitative estimate of drug-likeness (QED) is 0.443. The molecular weight excluding hydrogens is 485 g/mol. The van der Waals surface area contributed by atoms with Gasteiger partial charge >= 0.3 is 5.69 Å². The van der Waals surface area contributed by atoms with Crippen molar-refractivity contribution >= 4 is 50.2 Å². The summed E-state index contributed by atoms with van der Waals surface area (Å²) in [7, 11) is -3.63. The van der Waals surface area contributed by atoms with E-state index < -0.39 is 21.6 Å². The lowest BCUT2D eigenvalue weighted by Gasteiger charge is -2.08. The van der Waals surface area contributed by atoms with Crippen LogP contribution in [0, 0.1) is 0 Å². The number of sulfonamides is 1. The summed E-state index contributed by atoms with van der Waals surface area (Å²) in [5.74, 6) is -0.654. The van der Waals surface area contributed by atoms with Gasteiger partial charge in [-0.05, 0) is 61.4 Å². The van der Waals surface area contributed by atoms with Crippen LogP contribution < -0.4 is 10.4 Å². The third-order valence-electron chi connectivity index (χ3n) is 5.43. The molecule has 3 aromatic carbocycles. The molecule has 0 aliphatic heterocycles. The number of nitrogens with zero attached hydrogens (tertiary/aromatic N) is 2. The summed E-state index contributed by atoms with van der Waals surface area (Å²) in [5.41, 5.74) is 0.669. The molecule has 0 atom stereocenters. The van der Waals surface area contributed by atoms with Gasteiger partial charge in [-0.25, -0.2) is 22.5 Å². The van der Waals surface area contributed by atoms with Gasteiger partial charge in [-0.1, -0.05) is 41.4 Å². The first-order chi connectivity index (χ1) is 15.8. The lowest BCUT2D eigenvalue weighted by Crippen LogP contribution is -2.29. The first-order valence-corrected chi connectivity index (χ1v) is 12.4. The van der Waals surface area contributed by atoms with Crippen LogP contribution in [0.15, 0.2) is 76.4 Å². The summed E-state index contributed by atoms with van der Waals surface area (Å²) in [4.78, 5) is 26.9. The summed E-state index contributed by atoms with van der Waals surface area (Å²) in [5, 5.41) is 0.267. The van der Waals surface area contributed by atoms with Gasteiger partial charge in [0.1, 0.15) is 0 Å². The molecule has 1 aliphatic carbocycles. The molecule has 0 saturated heterocycles. The molecule has 168 valence electrons. The molecule has 1 aliphatic rings. The van der Waals surface area contributed by atoms with Crippen molar-refractivity contribution in [3.63, 3.8) is 0 Å². The largest absolute Gasteiger partial charge is 0.340 e. The standard InChI is InChI=1S/C23H17Cl2N3O4S/c24-17-4-3-5-18(25)21(17)22(29)28-20-7-2-1-6-19(20)27(23(28)30)15-10-12-16(13-11-15)33(31,32)26-14-8-9-14/h1-7,10-14,26H,8-9H2. The van der Waals surface area contributed by atoms with Crippen LogP contribution in [0.25, 0.3) is 16.7 Å². The molecule has 7 nitrogen and oxygen atoms in total. The van der Waals surface area contributed by atoms with E-state index in [0.29, 0.717) is 16.7 Å². The molecule has 0 spiro atoms. The first kappa shape index (κ1) is 21.9. The van der Waals surface area contributed by atoms with Crippen molar-refractivity contribution in [3.05, 3.63) is 92.8 Å². The van der Waals surface area contributed by atoms with Crippen molar-refractivity contribution in [2.45, 2.75) is 23.8 Å². The minimum Gasteiger partial charge on any atom is -0.268 e. The number of para-hydroxylation sites is 2. The molecule has 1 aromatic heterocycles. The topological polar surface area (TPSA) is 90.2 Å². The maximum absolute atomic E-state index is 13.5. The molecule has 10 heteroatoms. The first-order valence-electron chi connectivity index (χ1n) is 10.1. The summed E-state index contributed by atoms with van der Waals surface area (Å²) >= 11 is 12.4. The molecule has 5 rings (SSSR count). The van der Waals surface area contributed by atoms with Crippen LogP contribution in [0.4, 0.5) is 0 Å². The van der Waals surface area contributed by atoms with E-state index in [2.05, 4.69) is 4.72 Å². The Morgan fingerprint density at radius 2 is 1.48 bits per heavy atom. The molecule has 1 saturated carbocycles. The van der Waals surface area contributed by atoms with Gasteiger partial charge in [-0.3, -0.25) is 9.36 Å². The zero-order valence-corrected chi connectivity index (χ0v) is 19.4. The van der Waals surface area contributed by atoms with E-state index in [9.17, 15) is 18.0 Å². The van der Waals surface area contributed by atoms with Crippen LogP contribution in [0.1, 0.15) is 23.2 Å². The predicted molar refractivity (Wildman–Crippen MR) is 127 cm³/mol. The summed E-state index contributed by atoms with van der Waals surface area (Å²) in [6.07, 6.45) is 1.66. The fourth-order valence-corrected chi connectivity index (χ4v) is 5.54. The number of carbonyl (C=O) groups excluding carboxylic acids is 1. The Morgan fingerprint density at radius 3 is 2.09 bits per heavy atom. The Morgan fingerprint density at radius 1 is 0.879 bits per heavy atom. The number of aromatic nitrogens is 2. The van der Waals surface area contributed by atoms with E-state index in [1.54, 1.807) is 30.3 Å². The summed E-state index contributed by atoms with van der Waals surface area (Å²) < 4.78 is 29.9. The minimum absolute atomic E-state index is 0.0158. The number of halogens is 2. The van der Waals surface area contributed by atoms with Crippen LogP contribution in [-0.2, 0) is 10.0 Å². The second kappa shape index (κ2) is 8.14. The molecule has 0 amide bonds. The van der Waals surface area contributed by atoms with Crippen molar-refractivity contribution in [1.29, 1.82) is 0 Å². The van der Waals surface area contributed by atoms with Gasteiger partial charge in [0.2, 0.25) is 10.0 Å². The Bertz CT molecular complexity index is 1550. The molecule has 4 aromatic rings. The van der Waals surface area contributed by atoms with E-state index in [4.69, 9.17) is 23.2 Å². The van der Waals surface area contributed by atoms with Gasteiger partial charge in [0, 0.05) is 6.04 Å². The van der Waals surface area contributed by atoms with Crippen molar-refractivity contribution in [3.8, 4) is 5.69 Å². The SMILES string of the molecule is O=C(c1c(Cl)cccc1Cl)n1c(=O)n(-c2ccc(S(=O)(=O)NC3CC3)cc2)c2ccccc21. The Labute approximate surface area is 199 Å². The Balaban J connectivity index is 1.64. The molecule has 1 heterocycles. The Hall–Kier alpha value is -2.91. The normalized spacial score (nSPS) is 14.0. The van der Waals surface area contributed by atoms with Crippen molar-refractivity contribution in [2.24, 2.45) is 0 Å². The van der Waals surface area contributed by atoms with Crippen LogP contribution in [0.5, 0.6) is 0 Å². The van der Waals surface area contributed by atoms with Crippen LogP contribution in [-0.4, -0.2) is 29.5 Å². The number of hydrogen-bond donors (Lipinski definition) is 1. The van der Waals surface area contributed by atoms with Crippen molar-refractivity contribution in [1.82, 2.24) is 13.9 Å². The lowest BCUT2D eigenvalue weighted by molar-refractivity contribution is 0.0961. The third-order valence-corrected chi connectivity index (χ3v) is 7.60. The number of benzene rings is 3. The van der Waals surface area contributed by atoms with Crippen molar-refractivity contribution in [2.75, 3.05) is 0 Å². The second-order valence-corrected chi connectivity index (χ2v) is 10.3. The average Bonchev–Trinajstić information content (AvgIpc) is 3.53. The van der Waals surface area contributed by atoms with Gasteiger partial charge in [0.05, 0.1) is 37.2 Å². The summed E-state index contributed by atoms with van der Waals surface area (Å²) in [6, 6.07) is 17.4. The zero-order chi connectivity index (χ0) is 23.3. The smallest absolute Gasteiger partial charge is 0.268 e. The highest BCUT2D eigenvalue weighted by molar-refractivity contribution is 7.89. The van der Waals surface area contributed by atoms with Gasteiger partial charge in [0.15, 0.2) is 0 Å². The molecule has 0 unspecified atom stereocenters. The van der Waals surface area contributed by atoms with E-state index in [-0.39, 0.29) is 26.5 Å². The van der Waals surface area contributed by atoms with Crippen molar-refractivity contribution < 1.29 is 13.2 Å². The van der Waals surface area contributed by atoms with E-state index in [1.807, 2.05) is 0 Å². The van der Waals surface area contributed by atoms with Gasteiger partial charge in [-0.15, -0.1) is 0 Å². The molecular formula is C23H17Cl2N3O4S. The number of imidazole rings is 1. The Kier molecular flexibility index (Phi) is 5.41. The number of fused-ring (bicyclic) bond motifs is 1. The molecule has 0 radical (unpaired) electrons. The fourth-order valence-electron chi connectivity index (χ4n) is 3.67. The second-order valence-electron chi connectivity index (χ2n) is 7.73. The van der Waals surface area contributed by atoms with E-state index in [0.717, 1.165) is 17.4 Å². The number of nitrogens with one attached hydrogen (secondary N) is 1. The van der Waals surface area contributed by atoms with E-state index >= 15 is 0 Å². The van der Waals surface area contributed by atoms with Gasteiger partial charge in [-0.2, -0.15) is 0 Å². The number of carbonyl (C=O) groups is 1. The third kappa shape index (κ3) is 3.89. The molecule has 1 N–H and O–H groups in total. The fraction of sp³-hybridized carbons (Fsp3) is 0.130. The summed E-state index contributed by atoms with van der Waals surface area (Å²) in [6.45, 7) is 0. The molecule has 33 heavy (non-hydrogen) atoms. The van der Waals surface area contributed by atoms with E-state index in [1.165, 1.54) is 41.0 Å². The number of hydrogen-bond acceptors (Lipinski definition) is 4. The molecule has 0 bridgehead atoms. The zero-order valence-electron chi connectivity index (χ0n) is 17.0. The maximum atomic E-state index is 13.5. The van der Waals surface area contributed by atoms with Crippen LogP contribution >= 0.6 is 23.2 Å². The highest BCUT2D eigenvalue weighted by Crippen LogP contribution is 2.27. The van der Waals surface area contributed by atoms with Gasteiger partial charge < -0.3 is 0 Å². The predicted octanol–water partition coefficient (Wildman–Crippen LogP) is 4.23.